The standard InChI is InChI=1S/C13H16ClN3/c1-9-11(5-4-6-12(9)14)13(15-2)10-7-16-17(3)8-10/h4-8,13,15H,1-3H3. The number of halogens is 1. The molecule has 0 fully saturated rings. The quantitative estimate of drug-likeness (QED) is 0.907. The van der Waals surface area contributed by atoms with Crippen LogP contribution in [0.1, 0.15) is 22.7 Å². The van der Waals surface area contributed by atoms with Gasteiger partial charge >= 0.3 is 0 Å². The van der Waals surface area contributed by atoms with Crippen LogP contribution in [0.5, 0.6) is 0 Å². The van der Waals surface area contributed by atoms with Gasteiger partial charge in [-0.15, -0.1) is 0 Å². The highest BCUT2D eigenvalue weighted by atomic mass is 35.5. The molecule has 0 aliphatic heterocycles. The minimum Gasteiger partial charge on any atom is -0.309 e. The summed E-state index contributed by atoms with van der Waals surface area (Å²) < 4.78 is 1.81. The maximum Gasteiger partial charge on any atom is 0.0608 e. The van der Waals surface area contributed by atoms with Crippen LogP contribution in [0.3, 0.4) is 0 Å². The first-order valence-corrected chi connectivity index (χ1v) is 5.92. The lowest BCUT2D eigenvalue weighted by molar-refractivity contribution is 0.685. The monoisotopic (exact) mass is 249 g/mol. The third kappa shape index (κ3) is 2.35. The van der Waals surface area contributed by atoms with Crippen LogP contribution < -0.4 is 5.32 Å². The van der Waals surface area contributed by atoms with E-state index < -0.39 is 0 Å². The van der Waals surface area contributed by atoms with Gasteiger partial charge in [0.05, 0.1) is 12.2 Å². The van der Waals surface area contributed by atoms with Crippen LogP contribution in [0, 0.1) is 6.92 Å². The van der Waals surface area contributed by atoms with Gasteiger partial charge in [-0.25, -0.2) is 0 Å². The molecule has 0 aliphatic rings. The van der Waals surface area contributed by atoms with Crippen molar-refractivity contribution in [3.63, 3.8) is 0 Å². The van der Waals surface area contributed by atoms with Gasteiger partial charge < -0.3 is 5.32 Å². The maximum absolute atomic E-state index is 6.16. The van der Waals surface area contributed by atoms with Crippen molar-refractivity contribution in [3.8, 4) is 0 Å². The fraction of sp³-hybridized carbons (Fsp3) is 0.308. The molecule has 90 valence electrons. The van der Waals surface area contributed by atoms with Crippen molar-refractivity contribution < 1.29 is 0 Å². The van der Waals surface area contributed by atoms with Gasteiger partial charge in [-0.1, -0.05) is 23.7 Å². The maximum atomic E-state index is 6.16. The number of hydrogen-bond acceptors (Lipinski definition) is 2. The van der Waals surface area contributed by atoms with Crippen molar-refractivity contribution in [2.75, 3.05) is 7.05 Å². The summed E-state index contributed by atoms with van der Waals surface area (Å²) in [5.74, 6) is 0. The summed E-state index contributed by atoms with van der Waals surface area (Å²) in [5, 5.41) is 8.31. The van der Waals surface area contributed by atoms with E-state index in [1.807, 2.05) is 45.5 Å². The third-order valence-corrected chi connectivity index (χ3v) is 3.38. The third-order valence-electron chi connectivity index (χ3n) is 2.97. The molecule has 0 saturated heterocycles. The molecule has 0 spiro atoms. The number of aryl methyl sites for hydroxylation is 1. The van der Waals surface area contributed by atoms with Crippen molar-refractivity contribution in [2.45, 2.75) is 13.0 Å². The Bertz CT molecular complexity index is 519. The van der Waals surface area contributed by atoms with Gasteiger partial charge in [-0.05, 0) is 31.2 Å². The lowest BCUT2D eigenvalue weighted by Crippen LogP contribution is -2.18. The summed E-state index contributed by atoms with van der Waals surface area (Å²) in [6, 6.07) is 6.11. The molecule has 0 amide bonds. The summed E-state index contributed by atoms with van der Waals surface area (Å²) in [5.41, 5.74) is 3.44. The van der Waals surface area contributed by atoms with E-state index in [1.54, 1.807) is 4.68 Å². The van der Waals surface area contributed by atoms with Crippen molar-refractivity contribution in [1.29, 1.82) is 0 Å². The predicted molar refractivity (Wildman–Crippen MR) is 70.3 cm³/mol. The van der Waals surface area contributed by atoms with Crippen molar-refractivity contribution in [1.82, 2.24) is 15.1 Å². The van der Waals surface area contributed by atoms with E-state index in [0.29, 0.717) is 0 Å². The number of hydrogen-bond donors (Lipinski definition) is 1. The van der Waals surface area contributed by atoms with Crippen LogP contribution in [0.15, 0.2) is 30.6 Å². The molecule has 1 atom stereocenters. The van der Waals surface area contributed by atoms with Gasteiger partial charge in [-0.3, -0.25) is 4.68 Å². The smallest absolute Gasteiger partial charge is 0.0608 e. The Balaban J connectivity index is 2.45. The van der Waals surface area contributed by atoms with Crippen LogP contribution in [0.25, 0.3) is 0 Å². The van der Waals surface area contributed by atoms with Crippen LogP contribution >= 0.6 is 11.6 Å². The van der Waals surface area contributed by atoms with E-state index in [4.69, 9.17) is 11.6 Å². The second kappa shape index (κ2) is 4.90. The average Bonchev–Trinajstić information content (AvgIpc) is 2.72. The van der Waals surface area contributed by atoms with Gasteiger partial charge in [0.25, 0.3) is 0 Å². The first-order valence-electron chi connectivity index (χ1n) is 5.54. The zero-order chi connectivity index (χ0) is 12.4. The molecule has 2 rings (SSSR count). The lowest BCUT2D eigenvalue weighted by Gasteiger charge is -2.18. The fourth-order valence-corrected chi connectivity index (χ4v) is 2.21. The molecule has 1 N–H and O–H groups in total. The Morgan fingerprint density at radius 2 is 2.18 bits per heavy atom. The molecule has 17 heavy (non-hydrogen) atoms. The summed E-state index contributed by atoms with van der Waals surface area (Å²) in [6.07, 6.45) is 3.89. The van der Waals surface area contributed by atoms with Gasteiger partial charge in [0.2, 0.25) is 0 Å². The second-order valence-corrected chi connectivity index (χ2v) is 4.53. The highest BCUT2D eigenvalue weighted by molar-refractivity contribution is 6.31. The van der Waals surface area contributed by atoms with Gasteiger partial charge in [0, 0.05) is 23.8 Å². The van der Waals surface area contributed by atoms with Crippen LogP contribution in [0.2, 0.25) is 5.02 Å². The molecule has 0 saturated carbocycles. The summed E-state index contributed by atoms with van der Waals surface area (Å²) in [7, 11) is 3.86. The van der Waals surface area contributed by atoms with Gasteiger partial charge in [0.1, 0.15) is 0 Å². The van der Waals surface area contributed by atoms with Crippen molar-refractivity contribution in [2.24, 2.45) is 7.05 Å². The number of nitrogens with one attached hydrogen (secondary N) is 1. The minimum atomic E-state index is 0.127. The molecule has 2 aromatic rings. The molecular weight excluding hydrogens is 234 g/mol. The minimum absolute atomic E-state index is 0.127. The van der Waals surface area contributed by atoms with E-state index in [0.717, 1.165) is 16.1 Å². The zero-order valence-corrected chi connectivity index (χ0v) is 11.0. The normalized spacial score (nSPS) is 12.7. The van der Waals surface area contributed by atoms with Crippen LogP contribution in [-0.4, -0.2) is 16.8 Å². The van der Waals surface area contributed by atoms with Crippen molar-refractivity contribution >= 4 is 11.6 Å². The Morgan fingerprint density at radius 1 is 1.41 bits per heavy atom. The van der Waals surface area contributed by atoms with E-state index in [1.165, 1.54) is 5.56 Å². The predicted octanol–water partition coefficient (Wildman–Crippen LogP) is 2.69. The SMILES string of the molecule is CNC(c1cnn(C)c1)c1cccc(Cl)c1C. The highest BCUT2D eigenvalue weighted by Crippen LogP contribution is 2.28. The molecule has 1 aromatic heterocycles. The molecule has 0 radical (unpaired) electrons. The Kier molecular flexibility index (Phi) is 3.50. The molecular formula is C13H16ClN3. The van der Waals surface area contributed by atoms with Crippen LogP contribution in [-0.2, 0) is 7.05 Å². The van der Waals surface area contributed by atoms with Gasteiger partial charge in [0.15, 0.2) is 0 Å². The van der Waals surface area contributed by atoms with E-state index in [-0.39, 0.29) is 6.04 Å². The molecule has 1 unspecified atom stereocenters. The summed E-state index contributed by atoms with van der Waals surface area (Å²) in [4.78, 5) is 0. The average molecular weight is 250 g/mol. The molecule has 4 heteroatoms. The molecule has 1 aromatic carbocycles. The Labute approximate surface area is 106 Å². The van der Waals surface area contributed by atoms with Crippen molar-refractivity contribution in [3.05, 3.63) is 52.3 Å². The second-order valence-electron chi connectivity index (χ2n) is 4.12. The summed E-state index contributed by atoms with van der Waals surface area (Å²) >= 11 is 6.16. The molecule has 3 nitrogen and oxygen atoms in total. The van der Waals surface area contributed by atoms with E-state index >= 15 is 0 Å². The first kappa shape index (κ1) is 12.1. The Morgan fingerprint density at radius 3 is 2.76 bits per heavy atom. The van der Waals surface area contributed by atoms with Gasteiger partial charge in [-0.2, -0.15) is 5.10 Å². The molecule has 0 bridgehead atoms. The number of rotatable bonds is 3. The molecule has 0 aliphatic carbocycles. The number of benzene rings is 1. The highest BCUT2D eigenvalue weighted by Gasteiger charge is 2.16. The zero-order valence-electron chi connectivity index (χ0n) is 10.2. The fourth-order valence-electron chi connectivity index (χ4n) is 2.03. The van der Waals surface area contributed by atoms with E-state index in [2.05, 4.69) is 16.5 Å². The number of nitrogens with zero attached hydrogens (tertiary/aromatic N) is 2. The largest absolute Gasteiger partial charge is 0.309 e. The van der Waals surface area contributed by atoms with Crippen LogP contribution in [0.4, 0.5) is 0 Å². The Hall–Kier alpha value is -1.32. The topological polar surface area (TPSA) is 29.9 Å². The summed E-state index contributed by atoms with van der Waals surface area (Å²) in [6.45, 7) is 2.04. The molecule has 1 heterocycles. The first-order chi connectivity index (χ1) is 8.13. The lowest BCUT2D eigenvalue weighted by atomic mass is 9.97. The number of aromatic nitrogens is 2. The van der Waals surface area contributed by atoms with E-state index in [9.17, 15) is 0 Å².